The van der Waals surface area contributed by atoms with Crippen LogP contribution in [0.3, 0.4) is 0 Å². The van der Waals surface area contributed by atoms with Crippen molar-refractivity contribution in [2.24, 2.45) is 34.3 Å². The highest BCUT2D eigenvalue weighted by Gasteiger charge is 2.70. The number of ketones is 1. The van der Waals surface area contributed by atoms with Gasteiger partial charge in [0, 0.05) is 36.8 Å². The first-order valence-corrected chi connectivity index (χ1v) is 11.9. The second kappa shape index (κ2) is 9.91. The molecule has 10 nitrogen and oxygen atoms in total. The van der Waals surface area contributed by atoms with Gasteiger partial charge in [-0.2, -0.15) is 0 Å². The molecule has 2 saturated carbocycles. The van der Waals surface area contributed by atoms with Crippen molar-refractivity contribution < 1.29 is 48.6 Å². The molecule has 10 heteroatoms. The summed E-state index contributed by atoms with van der Waals surface area (Å²) in [4.78, 5) is 67.8. The van der Waals surface area contributed by atoms with E-state index in [1.54, 1.807) is 13.8 Å². The van der Waals surface area contributed by atoms with Gasteiger partial charge in [0.05, 0.1) is 6.04 Å². The minimum absolute atomic E-state index is 0.0193. The van der Waals surface area contributed by atoms with Crippen LogP contribution >= 0.6 is 0 Å². The number of nitrogens with zero attached hydrogens (tertiary/aromatic N) is 1. The van der Waals surface area contributed by atoms with Gasteiger partial charge < -0.3 is 26.6 Å². The van der Waals surface area contributed by atoms with Gasteiger partial charge in [-0.05, 0) is 55.6 Å². The second-order valence-corrected chi connectivity index (χ2v) is 10.8. The van der Waals surface area contributed by atoms with Crippen LogP contribution in [0.5, 0.6) is 0 Å². The largest absolute Gasteiger partial charge is 0.363 e. The molecule has 1 unspecified atom stereocenters. The summed E-state index contributed by atoms with van der Waals surface area (Å²) in [6, 6.07) is -8.75. The van der Waals surface area contributed by atoms with Crippen molar-refractivity contribution >= 4 is 29.5 Å². The van der Waals surface area contributed by atoms with Gasteiger partial charge in [0.1, 0.15) is 12.1 Å². The Morgan fingerprint density at radius 3 is 2.22 bits per heavy atom. The number of fused-ring (bicyclic) bond motifs is 1. The fourth-order valence-electron chi connectivity index (χ4n) is 5.39. The van der Waals surface area contributed by atoms with Crippen molar-refractivity contribution in [3.63, 3.8) is 0 Å². The van der Waals surface area contributed by atoms with E-state index in [9.17, 15) is 24.0 Å². The third-order valence-electron chi connectivity index (χ3n) is 7.69. The Kier molecular flexibility index (Phi) is 3.46. The smallest absolute Gasteiger partial charge is 0.315 e. The number of amides is 5. The van der Waals surface area contributed by atoms with Crippen molar-refractivity contribution in [1.29, 1.82) is 0 Å². The van der Waals surface area contributed by atoms with E-state index < -0.39 is 124 Å². The highest BCUT2D eigenvalue weighted by Crippen LogP contribution is 2.65. The third-order valence-corrected chi connectivity index (χ3v) is 7.69. The molecule has 0 aromatic carbocycles. The fraction of sp³-hybridized carbons (Fsp3) is 0.815. The zero-order valence-corrected chi connectivity index (χ0v) is 20.6. The van der Waals surface area contributed by atoms with Crippen LogP contribution < -0.4 is 21.7 Å². The summed E-state index contributed by atoms with van der Waals surface area (Å²) in [6.45, 7) is -22.1. The number of carbonyl (C=O) groups excluding carboxylic acids is 5. The van der Waals surface area contributed by atoms with Crippen LogP contribution in [0.15, 0.2) is 0 Å². The van der Waals surface area contributed by atoms with Gasteiger partial charge in [-0.15, -0.1) is 0 Å². The molecule has 2 aliphatic carbocycles. The van der Waals surface area contributed by atoms with Crippen molar-refractivity contribution in [2.45, 2.75) is 104 Å². The molecule has 0 aromatic heterocycles. The molecule has 0 radical (unpaired) electrons. The van der Waals surface area contributed by atoms with Crippen LogP contribution in [0.2, 0.25) is 0 Å². The minimum Gasteiger partial charge on any atom is -0.363 e. The number of hydrogen-bond donors (Lipinski definition) is 4. The molecule has 0 spiro atoms. The van der Waals surface area contributed by atoms with E-state index in [1.165, 1.54) is 10.6 Å². The average molecular weight is 538 g/mol. The molecule has 1 aliphatic heterocycles. The van der Waals surface area contributed by atoms with Crippen LogP contribution in [0.4, 0.5) is 4.79 Å². The highest BCUT2D eigenvalue weighted by atomic mass is 16.2. The Labute approximate surface area is 245 Å². The lowest BCUT2D eigenvalue weighted by Crippen LogP contribution is -2.62. The molecule has 1 heterocycles. The number of nitrogens with one attached hydrogen (secondary N) is 3. The van der Waals surface area contributed by atoms with Crippen molar-refractivity contribution in [1.82, 2.24) is 20.9 Å². The van der Waals surface area contributed by atoms with Gasteiger partial charge in [0.2, 0.25) is 17.6 Å². The van der Waals surface area contributed by atoms with E-state index in [4.69, 9.17) is 30.4 Å². The Balaban J connectivity index is 2.26. The summed E-state index contributed by atoms with van der Waals surface area (Å²) in [6.07, 6.45) is 2.11. The van der Waals surface area contributed by atoms with Gasteiger partial charge in [0.25, 0.3) is 5.91 Å². The number of piperidine rings is 1. The van der Waals surface area contributed by atoms with Crippen molar-refractivity contribution in [3.05, 3.63) is 0 Å². The number of primary amides is 1. The summed E-state index contributed by atoms with van der Waals surface area (Å²) in [5.41, 5.74) is -3.96. The maximum Gasteiger partial charge on any atom is 0.315 e. The SMILES string of the molecule is [2H]C([2H])([2H])C(NC(=O)N[C@H](C(=O)N1C[C@H]2C([C@H]1C(=O)N[C@@H](CC1CCC1)C(=O)C(N)=O)C2(C)C)C(C([2H])([2H])[2H])(C([2H])([2H])[2H])C([2H])([2H])[2H])(C([2H])([2H])[2H])C([2H])([2H])[2H]. The van der Waals surface area contributed by atoms with E-state index >= 15 is 0 Å². The van der Waals surface area contributed by atoms with Gasteiger partial charge in [-0.25, -0.2) is 4.79 Å². The predicted octanol–water partition coefficient (Wildman–Crippen LogP) is 1.71. The maximum absolute atomic E-state index is 14.8. The number of carbonyl (C=O) groups is 5. The minimum atomic E-state index is -4.29. The lowest BCUT2D eigenvalue weighted by Gasteiger charge is -2.38. The van der Waals surface area contributed by atoms with Crippen LogP contribution in [0.25, 0.3) is 0 Å². The third kappa shape index (κ3) is 6.26. The van der Waals surface area contributed by atoms with Gasteiger partial charge in [-0.3, -0.25) is 19.2 Å². The average Bonchev–Trinajstić information content (AvgIpc) is 3.24. The Morgan fingerprint density at radius 1 is 1.05 bits per heavy atom. The molecule has 0 bridgehead atoms. The fourth-order valence-corrected chi connectivity index (χ4v) is 5.39. The summed E-state index contributed by atoms with van der Waals surface area (Å²) in [7, 11) is 0. The van der Waals surface area contributed by atoms with Crippen molar-refractivity contribution in [3.8, 4) is 0 Å². The molecular weight excluding hydrogens is 474 g/mol. The standard InChI is InChI=1S/C27H45N5O5/c1-25(2,3)20(30-24(37)31-26(4,5)6)23(36)32-13-15-17(27(15,7)8)18(32)22(35)29-16(19(33)21(28)34)12-14-10-9-11-14/h14-18,20H,9-13H2,1-8H3,(H2,28,34)(H,29,35)(H2,30,31,37)/t15-,16-,17?,18-,20+/m0/s1/i1D3,2D3,3D3,4D3,5D3,6D3. The lowest BCUT2D eigenvalue weighted by molar-refractivity contribution is -0.145. The van der Waals surface area contributed by atoms with Crippen LogP contribution in [0, 0.1) is 28.6 Å². The molecule has 3 rings (SSSR count). The van der Waals surface area contributed by atoms with E-state index in [0.717, 1.165) is 6.42 Å². The van der Waals surface area contributed by atoms with Gasteiger partial charge >= 0.3 is 6.03 Å². The number of nitrogens with two attached hydrogens (primary N) is 1. The summed E-state index contributed by atoms with van der Waals surface area (Å²) in [5.74, 6) is -6.94. The zero-order valence-electron chi connectivity index (χ0n) is 38.6. The van der Waals surface area contributed by atoms with Crippen LogP contribution in [-0.2, 0) is 19.2 Å². The normalized spacial score (nSPS) is 35.5. The highest BCUT2D eigenvalue weighted by molar-refractivity contribution is 6.37. The van der Waals surface area contributed by atoms with Crippen LogP contribution in [-0.4, -0.2) is 64.6 Å². The lowest BCUT2D eigenvalue weighted by atomic mass is 9.80. The predicted molar refractivity (Wildman–Crippen MR) is 139 cm³/mol. The molecular formula is C27H45N5O5. The van der Waals surface area contributed by atoms with Crippen LogP contribution in [0.1, 0.15) is 105 Å². The van der Waals surface area contributed by atoms with E-state index in [2.05, 4.69) is 5.32 Å². The Hall–Kier alpha value is -2.65. The van der Waals surface area contributed by atoms with E-state index in [-0.39, 0.29) is 12.3 Å². The number of rotatable bonds is 8. The summed E-state index contributed by atoms with van der Waals surface area (Å²) < 4.78 is 144. The van der Waals surface area contributed by atoms with Gasteiger partial charge in [-0.1, -0.05) is 53.7 Å². The maximum atomic E-state index is 14.8. The Morgan fingerprint density at radius 2 is 1.70 bits per heavy atom. The van der Waals surface area contributed by atoms with Crippen molar-refractivity contribution in [2.75, 3.05) is 6.54 Å². The van der Waals surface area contributed by atoms with Gasteiger partial charge in [0.15, 0.2) is 0 Å². The molecule has 5 atom stereocenters. The van der Waals surface area contributed by atoms with E-state index in [0.29, 0.717) is 17.7 Å². The first-order valence-electron chi connectivity index (χ1n) is 20.9. The first-order chi connectivity index (χ1) is 24.3. The summed E-state index contributed by atoms with van der Waals surface area (Å²) in [5, 5.41) is 5.21. The number of urea groups is 1. The van der Waals surface area contributed by atoms with E-state index in [1.807, 2.05) is 0 Å². The molecule has 37 heavy (non-hydrogen) atoms. The number of Topliss-reactive ketones (excluding diaryl/α,β-unsaturated/α-hetero) is 1. The number of hydrogen-bond acceptors (Lipinski definition) is 5. The molecule has 5 amide bonds. The quantitative estimate of drug-likeness (QED) is 0.348. The molecule has 0 aromatic rings. The molecule has 3 aliphatic rings. The molecule has 1 saturated heterocycles. The monoisotopic (exact) mass is 537 g/mol. The number of likely N-dealkylation sites (tertiary alicyclic amines) is 1. The first kappa shape index (κ1) is 12.9. The molecule has 3 fully saturated rings. The second-order valence-electron chi connectivity index (χ2n) is 10.8. The molecule has 5 N–H and O–H groups in total. The molecule has 208 valence electrons. The zero-order chi connectivity index (χ0) is 43.1. The Bertz CT molecular complexity index is 1470. The summed E-state index contributed by atoms with van der Waals surface area (Å²) >= 11 is 0. The topological polar surface area (TPSA) is 151 Å².